The first-order chi connectivity index (χ1) is 10.2. The molecule has 0 spiro atoms. The van der Waals surface area contributed by atoms with E-state index in [1.807, 2.05) is 29.1 Å². The predicted molar refractivity (Wildman–Crippen MR) is 81.8 cm³/mol. The van der Waals surface area contributed by atoms with Gasteiger partial charge in [-0.3, -0.25) is 0 Å². The first-order valence-corrected chi connectivity index (χ1v) is 7.23. The highest BCUT2D eigenvalue weighted by atomic mass is 16.3. The van der Waals surface area contributed by atoms with Gasteiger partial charge in [0.15, 0.2) is 0 Å². The molecule has 3 rings (SSSR count). The summed E-state index contributed by atoms with van der Waals surface area (Å²) in [6.07, 6.45) is 3.65. The minimum absolute atomic E-state index is 0.0604. The second-order valence-electron chi connectivity index (χ2n) is 5.70. The summed E-state index contributed by atoms with van der Waals surface area (Å²) in [5, 5.41) is 14.8. The Morgan fingerprint density at radius 1 is 1.24 bits per heavy atom. The largest absolute Gasteiger partial charge is 0.392 e. The molecule has 0 fully saturated rings. The second kappa shape index (κ2) is 5.69. The van der Waals surface area contributed by atoms with Crippen molar-refractivity contribution in [2.24, 2.45) is 5.92 Å². The summed E-state index contributed by atoms with van der Waals surface area (Å²) in [5.74, 6) is 1.49. The number of aliphatic hydroxyl groups excluding tert-OH is 1. The average molecular weight is 284 g/mol. The summed E-state index contributed by atoms with van der Waals surface area (Å²) < 4.78 is 4.11. The molecular formula is C16H20N4O. The number of hydrogen-bond acceptors (Lipinski definition) is 3. The molecule has 1 aromatic carbocycles. The standard InChI is InChI=1S/C16H20N4O/c1-12(2)8-20-16(17-11-18-20)9-19-7-6-14-13(10-21)4-3-5-15(14)19/h3-7,11-12,21H,8-10H2,1-2H3. The van der Waals surface area contributed by atoms with Gasteiger partial charge in [0.2, 0.25) is 0 Å². The molecule has 0 bridgehead atoms. The van der Waals surface area contributed by atoms with Crippen LogP contribution in [0.15, 0.2) is 36.8 Å². The van der Waals surface area contributed by atoms with E-state index >= 15 is 0 Å². The highest BCUT2D eigenvalue weighted by molar-refractivity contribution is 5.83. The number of hydrogen-bond donors (Lipinski definition) is 1. The highest BCUT2D eigenvalue weighted by Crippen LogP contribution is 2.21. The Hall–Kier alpha value is -2.14. The fourth-order valence-electron chi connectivity index (χ4n) is 2.62. The number of fused-ring (bicyclic) bond motifs is 1. The summed E-state index contributed by atoms with van der Waals surface area (Å²) in [4.78, 5) is 4.38. The van der Waals surface area contributed by atoms with Crippen LogP contribution in [-0.2, 0) is 19.7 Å². The van der Waals surface area contributed by atoms with Gasteiger partial charge in [-0.1, -0.05) is 26.0 Å². The topological polar surface area (TPSA) is 55.9 Å². The fraction of sp³-hybridized carbons (Fsp3) is 0.375. The lowest BCUT2D eigenvalue weighted by Gasteiger charge is -2.10. The van der Waals surface area contributed by atoms with Crippen LogP contribution < -0.4 is 0 Å². The van der Waals surface area contributed by atoms with Crippen molar-refractivity contribution in [2.75, 3.05) is 0 Å². The van der Waals surface area contributed by atoms with Gasteiger partial charge in [-0.15, -0.1) is 0 Å². The molecule has 110 valence electrons. The van der Waals surface area contributed by atoms with E-state index in [1.165, 1.54) is 0 Å². The fourth-order valence-corrected chi connectivity index (χ4v) is 2.62. The Balaban J connectivity index is 1.94. The minimum atomic E-state index is 0.0604. The normalized spacial score (nSPS) is 11.6. The van der Waals surface area contributed by atoms with Gasteiger partial charge in [0, 0.05) is 23.6 Å². The summed E-state index contributed by atoms with van der Waals surface area (Å²) in [6.45, 7) is 5.96. The van der Waals surface area contributed by atoms with Crippen molar-refractivity contribution < 1.29 is 5.11 Å². The number of nitrogens with zero attached hydrogens (tertiary/aromatic N) is 4. The lowest BCUT2D eigenvalue weighted by Crippen LogP contribution is -2.12. The van der Waals surface area contributed by atoms with E-state index in [-0.39, 0.29) is 6.61 Å². The first kappa shape index (κ1) is 13.8. The number of aromatic nitrogens is 4. The van der Waals surface area contributed by atoms with Crippen LogP contribution in [0.3, 0.4) is 0 Å². The molecule has 5 nitrogen and oxygen atoms in total. The van der Waals surface area contributed by atoms with Gasteiger partial charge in [0.05, 0.1) is 13.2 Å². The van der Waals surface area contributed by atoms with Gasteiger partial charge in [-0.25, -0.2) is 9.67 Å². The van der Waals surface area contributed by atoms with Gasteiger partial charge in [0.25, 0.3) is 0 Å². The van der Waals surface area contributed by atoms with Crippen LogP contribution in [0.4, 0.5) is 0 Å². The SMILES string of the molecule is CC(C)Cn1ncnc1Cn1ccc2c(CO)cccc21. The molecule has 0 radical (unpaired) electrons. The molecule has 1 N–H and O–H groups in total. The summed E-state index contributed by atoms with van der Waals surface area (Å²) in [5.41, 5.74) is 2.07. The molecule has 2 aromatic heterocycles. The van der Waals surface area contributed by atoms with Gasteiger partial charge in [-0.2, -0.15) is 5.10 Å². The maximum absolute atomic E-state index is 9.41. The molecule has 5 heteroatoms. The van der Waals surface area contributed by atoms with Gasteiger partial charge >= 0.3 is 0 Å². The molecule has 0 saturated heterocycles. The van der Waals surface area contributed by atoms with Gasteiger partial charge < -0.3 is 9.67 Å². The molecular weight excluding hydrogens is 264 g/mol. The van der Waals surface area contributed by atoms with E-state index in [2.05, 4.69) is 34.6 Å². The maximum atomic E-state index is 9.41. The molecule has 0 amide bonds. The van der Waals surface area contributed by atoms with Crippen molar-refractivity contribution >= 4 is 10.9 Å². The highest BCUT2D eigenvalue weighted by Gasteiger charge is 2.10. The van der Waals surface area contributed by atoms with Gasteiger partial charge in [0.1, 0.15) is 12.2 Å². The van der Waals surface area contributed by atoms with Crippen LogP contribution in [0.1, 0.15) is 25.2 Å². The monoisotopic (exact) mass is 284 g/mol. The maximum Gasteiger partial charge on any atom is 0.146 e. The van der Waals surface area contributed by atoms with Crippen LogP contribution in [-0.4, -0.2) is 24.4 Å². The Morgan fingerprint density at radius 3 is 2.86 bits per heavy atom. The lowest BCUT2D eigenvalue weighted by atomic mass is 10.1. The predicted octanol–water partition coefficient (Wildman–Crippen LogP) is 2.43. The third-order valence-electron chi connectivity index (χ3n) is 3.62. The van der Waals surface area contributed by atoms with E-state index < -0.39 is 0 Å². The van der Waals surface area contributed by atoms with Crippen molar-refractivity contribution in [1.29, 1.82) is 0 Å². The zero-order valence-electron chi connectivity index (χ0n) is 12.4. The third kappa shape index (κ3) is 2.69. The van der Waals surface area contributed by atoms with Crippen molar-refractivity contribution in [1.82, 2.24) is 19.3 Å². The molecule has 2 heterocycles. The molecule has 0 aliphatic heterocycles. The smallest absolute Gasteiger partial charge is 0.146 e. The zero-order chi connectivity index (χ0) is 14.8. The average Bonchev–Trinajstić information content (AvgIpc) is 3.06. The number of rotatable bonds is 5. The Morgan fingerprint density at radius 2 is 2.10 bits per heavy atom. The third-order valence-corrected chi connectivity index (χ3v) is 3.62. The van der Waals surface area contributed by atoms with Crippen molar-refractivity contribution in [3.05, 3.63) is 48.2 Å². The van der Waals surface area contributed by atoms with Crippen molar-refractivity contribution in [3.63, 3.8) is 0 Å². The van der Waals surface area contributed by atoms with E-state index in [4.69, 9.17) is 0 Å². The molecule has 0 unspecified atom stereocenters. The van der Waals surface area contributed by atoms with E-state index in [0.29, 0.717) is 12.5 Å². The molecule has 0 atom stereocenters. The Labute approximate surface area is 123 Å². The molecule has 21 heavy (non-hydrogen) atoms. The lowest BCUT2D eigenvalue weighted by molar-refractivity contribution is 0.283. The molecule has 0 aliphatic carbocycles. The summed E-state index contributed by atoms with van der Waals surface area (Å²) in [6, 6.07) is 8.04. The van der Waals surface area contributed by atoms with Crippen LogP contribution in [0, 0.1) is 5.92 Å². The summed E-state index contributed by atoms with van der Waals surface area (Å²) >= 11 is 0. The molecule has 3 aromatic rings. The van der Waals surface area contributed by atoms with Gasteiger partial charge in [-0.05, 0) is 23.6 Å². The van der Waals surface area contributed by atoms with E-state index in [9.17, 15) is 5.11 Å². The van der Waals surface area contributed by atoms with Crippen molar-refractivity contribution in [3.8, 4) is 0 Å². The van der Waals surface area contributed by atoms with E-state index in [0.717, 1.165) is 28.8 Å². The van der Waals surface area contributed by atoms with Crippen LogP contribution in [0.5, 0.6) is 0 Å². The molecule has 0 saturated carbocycles. The van der Waals surface area contributed by atoms with Crippen molar-refractivity contribution in [2.45, 2.75) is 33.5 Å². The molecule has 0 aliphatic rings. The Kier molecular flexibility index (Phi) is 3.75. The number of benzene rings is 1. The number of aliphatic hydroxyl groups is 1. The Bertz CT molecular complexity index is 742. The van der Waals surface area contributed by atoms with E-state index in [1.54, 1.807) is 6.33 Å². The zero-order valence-corrected chi connectivity index (χ0v) is 12.4. The van der Waals surface area contributed by atoms with Crippen LogP contribution in [0.2, 0.25) is 0 Å². The quantitative estimate of drug-likeness (QED) is 0.783. The van der Waals surface area contributed by atoms with Crippen LogP contribution in [0.25, 0.3) is 10.9 Å². The minimum Gasteiger partial charge on any atom is -0.392 e. The summed E-state index contributed by atoms with van der Waals surface area (Å²) in [7, 11) is 0. The van der Waals surface area contributed by atoms with Crippen LogP contribution >= 0.6 is 0 Å². The first-order valence-electron chi connectivity index (χ1n) is 7.23. The second-order valence-corrected chi connectivity index (χ2v) is 5.70.